The minimum atomic E-state index is 0.965. The fourth-order valence-corrected chi connectivity index (χ4v) is 4.15. The van der Waals surface area contributed by atoms with Crippen LogP contribution in [0.25, 0.3) is 0 Å². The van der Waals surface area contributed by atoms with E-state index in [2.05, 4.69) is 17.1 Å². The van der Waals surface area contributed by atoms with Crippen molar-refractivity contribution in [3.8, 4) is 0 Å². The van der Waals surface area contributed by atoms with Crippen LogP contribution in [0.3, 0.4) is 0 Å². The van der Waals surface area contributed by atoms with Gasteiger partial charge in [-0.3, -0.25) is 0 Å². The lowest BCUT2D eigenvalue weighted by atomic mass is 9.89. The van der Waals surface area contributed by atoms with Gasteiger partial charge in [0, 0.05) is 0 Å². The summed E-state index contributed by atoms with van der Waals surface area (Å²) in [5, 5.41) is 0. The van der Waals surface area contributed by atoms with E-state index in [1.807, 2.05) is 0 Å². The number of piperidine rings is 1. The van der Waals surface area contributed by atoms with Gasteiger partial charge < -0.3 is 4.90 Å². The summed E-state index contributed by atoms with van der Waals surface area (Å²) in [6, 6.07) is 0. The third kappa shape index (κ3) is 2.93. The Kier molecular flexibility index (Phi) is 3.85. The van der Waals surface area contributed by atoms with Crippen molar-refractivity contribution in [1.82, 2.24) is 4.90 Å². The van der Waals surface area contributed by atoms with Gasteiger partial charge in [-0.1, -0.05) is 25.0 Å². The van der Waals surface area contributed by atoms with Gasteiger partial charge in [0.25, 0.3) is 0 Å². The van der Waals surface area contributed by atoms with Crippen molar-refractivity contribution in [2.75, 3.05) is 19.6 Å². The second-order valence-electron chi connectivity index (χ2n) is 6.44. The van der Waals surface area contributed by atoms with Crippen molar-refractivity contribution >= 4 is 0 Å². The van der Waals surface area contributed by atoms with Crippen molar-refractivity contribution < 1.29 is 0 Å². The average molecular weight is 233 g/mol. The van der Waals surface area contributed by atoms with E-state index >= 15 is 0 Å². The van der Waals surface area contributed by atoms with Crippen LogP contribution in [0.15, 0.2) is 12.2 Å². The molecule has 2 bridgehead atoms. The van der Waals surface area contributed by atoms with E-state index in [0.29, 0.717) is 0 Å². The van der Waals surface area contributed by atoms with E-state index in [1.165, 1.54) is 71.0 Å². The van der Waals surface area contributed by atoms with E-state index in [-0.39, 0.29) is 0 Å². The third-order valence-corrected chi connectivity index (χ3v) is 5.16. The molecule has 0 amide bonds. The number of hydrogen-bond donors (Lipinski definition) is 0. The van der Waals surface area contributed by atoms with E-state index in [1.54, 1.807) is 0 Å². The van der Waals surface area contributed by atoms with E-state index < -0.39 is 0 Å². The summed E-state index contributed by atoms with van der Waals surface area (Å²) in [5.41, 5.74) is 0. The van der Waals surface area contributed by atoms with Crippen LogP contribution in [0.2, 0.25) is 0 Å². The van der Waals surface area contributed by atoms with Crippen molar-refractivity contribution in [3.63, 3.8) is 0 Å². The topological polar surface area (TPSA) is 3.24 Å². The van der Waals surface area contributed by atoms with Crippen LogP contribution >= 0.6 is 0 Å². The standard InChI is InChI=1S/C16H27N/c1-3-9-17(10-4-1)11-5-2-6-15-12-14-7-8-16(15)13-14/h7-8,14-16H,1-6,9-13H2. The highest BCUT2D eigenvalue weighted by Crippen LogP contribution is 2.45. The molecule has 1 heteroatoms. The molecule has 0 spiro atoms. The number of rotatable bonds is 5. The highest BCUT2D eigenvalue weighted by Gasteiger charge is 2.34. The van der Waals surface area contributed by atoms with Crippen LogP contribution in [0, 0.1) is 17.8 Å². The lowest BCUT2D eigenvalue weighted by molar-refractivity contribution is 0.221. The molecule has 0 aromatic rings. The summed E-state index contributed by atoms with van der Waals surface area (Å²) in [5.74, 6) is 2.98. The highest BCUT2D eigenvalue weighted by atomic mass is 15.1. The maximum Gasteiger partial charge on any atom is -0.00187 e. The molecule has 17 heavy (non-hydrogen) atoms. The Morgan fingerprint density at radius 2 is 1.82 bits per heavy atom. The number of unbranched alkanes of at least 4 members (excludes halogenated alkanes) is 1. The molecular weight excluding hydrogens is 206 g/mol. The second-order valence-corrected chi connectivity index (χ2v) is 6.44. The molecular formula is C16H27N. The van der Waals surface area contributed by atoms with E-state index in [0.717, 1.165) is 17.8 Å². The lowest BCUT2D eigenvalue weighted by Crippen LogP contribution is -2.30. The number of nitrogens with zero attached hydrogens (tertiary/aromatic N) is 1. The Hall–Kier alpha value is -0.300. The first-order chi connectivity index (χ1) is 8.42. The number of fused-ring (bicyclic) bond motifs is 2. The zero-order chi connectivity index (χ0) is 11.5. The third-order valence-electron chi connectivity index (χ3n) is 5.16. The smallest absolute Gasteiger partial charge is 0.00187 e. The normalized spacial score (nSPS) is 36.8. The highest BCUT2D eigenvalue weighted by molar-refractivity contribution is 5.09. The summed E-state index contributed by atoms with van der Waals surface area (Å²) in [4.78, 5) is 2.68. The number of allylic oxidation sites excluding steroid dienone is 2. The first-order valence-corrected chi connectivity index (χ1v) is 7.82. The van der Waals surface area contributed by atoms with Gasteiger partial charge in [-0.25, -0.2) is 0 Å². The van der Waals surface area contributed by atoms with Gasteiger partial charge in [0.15, 0.2) is 0 Å². The van der Waals surface area contributed by atoms with Crippen LogP contribution in [0.4, 0.5) is 0 Å². The molecule has 1 nitrogen and oxygen atoms in total. The molecule has 3 aliphatic rings. The summed E-state index contributed by atoms with van der Waals surface area (Å²) >= 11 is 0. The summed E-state index contributed by atoms with van der Waals surface area (Å²) in [6.07, 6.45) is 16.7. The fraction of sp³-hybridized carbons (Fsp3) is 0.875. The maximum atomic E-state index is 2.68. The molecule has 3 rings (SSSR count). The predicted octanol–water partition coefficient (Wildman–Crippen LogP) is 3.85. The van der Waals surface area contributed by atoms with Crippen LogP contribution in [-0.2, 0) is 0 Å². The number of likely N-dealkylation sites (tertiary alicyclic amines) is 1. The SMILES string of the molecule is C1=CC2CC1CC2CCCCN1CCCCC1. The molecule has 3 unspecified atom stereocenters. The molecule has 3 atom stereocenters. The molecule has 1 saturated carbocycles. The minimum absolute atomic E-state index is 0.965. The Morgan fingerprint density at radius 3 is 2.53 bits per heavy atom. The van der Waals surface area contributed by atoms with Crippen molar-refractivity contribution in [3.05, 3.63) is 12.2 Å². The van der Waals surface area contributed by atoms with Gasteiger partial charge in [0.2, 0.25) is 0 Å². The number of hydrogen-bond acceptors (Lipinski definition) is 1. The Balaban J connectivity index is 1.29. The summed E-state index contributed by atoms with van der Waals surface area (Å²) in [6.45, 7) is 4.12. The van der Waals surface area contributed by atoms with Gasteiger partial charge in [-0.15, -0.1) is 0 Å². The molecule has 0 radical (unpaired) electrons. The lowest BCUT2D eigenvalue weighted by Gasteiger charge is -2.26. The minimum Gasteiger partial charge on any atom is -0.303 e. The van der Waals surface area contributed by atoms with Crippen LogP contribution in [0.1, 0.15) is 51.4 Å². The van der Waals surface area contributed by atoms with Crippen LogP contribution in [-0.4, -0.2) is 24.5 Å². The maximum absolute atomic E-state index is 2.68. The van der Waals surface area contributed by atoms with E-state index in [9.17, 15) is 0 Å². The predicted molar refractivity (Wildman–Crippen MR) is 73.0 cm³/mol. The zero-order valence-electron chi connectivity index (χ0n) is 11.1. The molecule has 0 aromatic heterocycles. The van der Waals surface area contributed by atoms with Gasteiger partial charge >= 0.3 is 0 Å². The second kappa shape index (κ2) is 5.56. The Labute approximate surface area is 106 Å². The average Bonchev–Trinajstić information content (AvgIpc) is 2.98. The van der Waals surface area contributed by atoms with Gasteiger partial charge in [0.1, 0.15) is 0 Å². The Bertz CT molecular complexity index is 265. The Morgan fingerprint density at radius 1 is 0.941 bits per heavy atom. The molecule has 1 aliphatic heterocycles. The van der Waals surface area contributed by atoms with Crippen molar-refractivity contribution in [2.45, 2.75) is 51.4 Å². The van der Waals surface area contributed by atoms with Gasteiger partial charge in [-0.05, 0) is 75.9 Å². The fourth-order valence-electron chi connectivity index (χ4n) is 4.15. The summed E-state index contributed by atoms with van der Waals surface area (Å²) in [7, 11) is 0. The largest absolute Gasteiger partial charge is 0.303 e. The van der Waals surface area contributed by atoms with Crippen LogP contribution < -0.4 is 0 Å². The molecule has 0 N–H and O–H groups in total. The van der Waals surface area contributed by atoms with Gasteiger partial charge in [0.05, 0.1) is 0 Å². The quantitative estimate of drug-likeness (QED) is 0.515. The zero-order valence-corrected chi connectivity index (χ0v) is 11.1. The molecule has 1 saturated heterocycles. The molecule has 0 aromatic carbocycles. The van der Waals surface area contributed by atoms with Crippen molar-refractivity contribution in [2.24, 2.45) is 17.8 Å². The van der Waals surface area contributed by atoms with Gasteiger partial charge in [-0.2, -0.15) is 0 Å². The first kappa shape index (κ1) is 11.8. The molecule has 1 heterocycles. The van der Waals surface area contributed by atoms with E-state index in [4.69, 9.17) is 0 Å². The van der Waals surface area contributed by atoms with Crippen molar-refractivity contribution in [1.29, 1.82) is 0 Å². The monoisotopic (exact) mass is 233 g/mol. The summed E-state index contributed by atoms with van der Waals surface area (Å²) < 4.78 is 0. The molecule has 2 fully saturated rings. The van der Waals surface area contributed by atoms with Crippen LogP contribution in [0.5, 0.6) is 0 Å². The molecule has 2 aliphatic carbocycles. The first-order valence-electron chi connectivity index (χ1n) is 7.82. The molecule has 96 valence electrons.